The van der Waals surface area contributed by atoms with Crippen molar-refractivity contribution in [2.75, 3.05) is 0 Å². The normalized spacial score (nSPS) is 8.20. The molecule has 0 spiro atoms. The fourth-order valence-electron chi connectivity index (χ4n) is 3.78. The van der Waals surface area contributed by atoms with Gasteiger partial charge in [-0.2, -0.15) is 5.26 Å². The predicted octanol–water partition coefficient (Wildman–Crippen LogP) is 10.9. The molecule has 0 atom stereocenters. The Morgan fingerprint density at radius 3 is 1.29 bits per heavy atom. The van der Waals surface area contributed by atoms with Crippen LogP contribution in [0.3, 0.4) is 0 Å². The highest BCUT2D eigenvalue weighted by Crippen LogP contribution is 2.11. The number of esters is 2. The smallest absolute Gasteiger partial charge is 0.310 e. The molecule has 6 rings (SSSR count). The predicted molar refractivity (Wildman–Crippen MR) is 228 cm³/mol. The van der Waals surface area contributed by atoms with Crippen LogP contribution in [0.2, 0.25) is 0 Å². The standard InChI is InChI=1S/C9H8N2O.C9H6N2.C9H7NO.C4H6O3.6C2H6.H3NO/c12-10-7-8-4-6-11-5-2-1-3-9(8)11;10-7-8-4-6-11-5-2-1-3-9(8)11;11-7-8-4-6-10-5-2-1-3-9(8)10;1-3(5)7-4(2)6;7*1-2/h1-7,12H;1-6H;1-7H;1-2H3;6*1-2H3;2H,1H2/b10-7+;;;;;;;;;;. The van der Waals surface area contributed by atoms with E-state index < -0.39 is 11.9 Å². The van der Waals surface area contributed by atoms with Crippen molar-refractivity contribution in [3.05, 3.63) is 127 Å². The van der Waals surface area contributed by atoms with Gasteiger partial charge in [-0.1, -0.05) is 106 Å². The number of aromatic nitrogens is 3. The first-order valence-corrected chi connectivity index (χ1v) is 18.5. The minimum Gasteiger partial charge on any atom is -0.411 e. The molecule has 6 aromatic heterocycles. The summed E-state index contributed by atoms with van der Waals surface area (Å²) >= 11 is 0. The van der Waals surface area contributed by atoms with E-state index in [0.717, 1.165) is 39.5 Å². The number of nitrogens with two attached hydrogens (primary N) is 1. The second kappa shape index (κ2) is 42.4. The molecule has 0 aliphatic carbocycles. The molecule has 0 saturated heterocycles. The number of ether oxygens (including phenoxy) is 1. The van der Waals surface area contributed by atoms with Crippen LogP contribution in [0.5, 0.6) is 0 Å². The maximum Gasteiger partial charge on any atom is 0.310 e. The molecule has 0 aromatic carbocycles. The molecule has 0 unspecified atom stereocenters. The van der Waals surface area contributed by atoms with Gasteiger partial charge >= 0.3 is 11.9 Å². The molecule has 6 heterocycles. The monoisotopic (exact) mass is 763 g/mol. The summed E-state index contributed by atoms with van der Waals surface area (Å²) in [5.41, 5.74) is 5.35. The fourth-order valence-corrected chi connectivity index (χ4v) is 3.78. The third-order valence-electron chi connectivity index (χ3n) is 5.50. The van der Waals surface area contributed by atoms with E-state index in [4.69, 9.17) is 15.7 Å². The lowest BCUT2D eigenvalue weighted by Gasteiger charge is -1.92. The van der Waals surface area contributed by atoms with Gasteiger partial charge < -0.3 is 28.4 Å². The maximum absolute atomic E-state index is 10.5. The van der Waals surface area contributed by atoms with E-state index in [-0.39, 0.29) is 0 Å². The number of carbonyl (C=O) groups excluding carboxylic acids is 3. The van der Waals surface area contributed by atoms with E-state index >= 15 is 0 Å². The van der Waals surface area contributed by atoms with Crippen molar-refractivity contribution in [2.24, 2.45) is 11.1 Å². The van der Waals surface area contributed by atoms with Crippen LogP contribution in [0.4, 0.5) is 0 Å². The van der Waals surface area contributed by atoms with Crippen molar-refractivity contribution in [3.8, 4) is 6.07 Å². The zero-order valence-corrected chi connectivity index (χ0v) is 35.4. The average molecular weight is 763 g/mol. The number of fused-ring (bicyclic) bond motifs is 3. The first kappa shape index (κ1) is 58.3. The van der Waals surface area contributed by atoms with Gasteiger partial charge in [-0.05, 0) is 54.6 Å². The number of nitriles is 1. The van der Waals surface area contributed by atoms with Gasteiger partial charge in [-0.3, -0.25) is 14.4 Å². The molecule has 12 nitrogen and oxygen atoms in total. The van der Waals surface area contributed by atoms with Crippen LogP contribution in [-0.2, 0) is 14.3 Å². The van der Waals surface area contributed by atoms with E-state index in [2.05, 4.69) is 21.9 Å². The van der Waals surface area contributed by atoms with Crippen LogP contribution in [0.15, 0.2) is 115 Å². The summed E-state index contributed by atoms with van der Waals surface area (Å²) in [7, 11) is 0. The van der Waals surface area contributed by atoms with E-state index in [1.165, 1.54) is 20.1 Å². The van der Waals surface area contributed by atoms with Gasteiger partial charge in [-0.25, -0.2) is 5.90 Å². The molecular weight excluding hydrogens is 697 g/mol. The van der Waals surface area contributed by atoms with Crippen LogP contribution < -0.4 is 5.90 Å². The minimum absolute atomic E-state index is 0.562. The van der Waals surface area contributed by atoms with Gasteiger partial charge in [0.05, 0.1) is 28.3 Å². The highest BCUT2D eigenvalue weighted by atomic mass is 16.6. The number of rotatable bonds is 2. The lowest BCUT2D eigenvalue weighted by molar-refractivity contribution is -0.156. The molecule has 0 aliphatic heterocycles. The van der Waals surface area contributed by atoms with Gasteiger partial charge in [0.15, 0.2) is 6.29 Å². The zero-order valence-electron chi connectivity index (χ0n) is 35.4. The number of nitrogens with zero attached hydrogens (tertiary/aromatic N) is 5. The molecule has 0 amide bonds. The summed E-state index contributed by atoms with van der Waals surface area (Å²) in [6.07, 6.45) is 13.8. The molecule has 0 bridgehead atoms. The summed E-state index contributed by atoms with van der Waals surface area (Å²) in [6, 6.07) is 25.1. The topological polar surface area (TPSA) is 176 Å². The van der Waals surface area contributed by atoms with E-state index in [1.54, 1.807) is 0 Å². The SMILES string of the molecule is CC.CC.CC.CC.CC.CC.CC(=O)OC(C)=O.N#Cc1ccn2ccccc12.NO.O/N=C/c1ccn2ccccc12.O=Cc1ccn2ccccc12. The van der Waals surface area contributed by atoms with Crippen molar-refractivity contribution in [1.29, 1.82) is 5.26 Å². The quantitative estimate of drug-likeness (QED) is 0.0390. The first-order valence-electron chi connectivity index (χ1n) is 18.5. The maximum atomic E-state index is 10.5. The molecule has 304 valence electrons. The summed E-state index contributed by atoms with van der Waals surface area (Å²) in [5, 5.41) is 26.5. The van der Waals surface area contributed by atoms with E-state index in [1.807, 2.05) is 206 Å². The van der Waals surface area contributed by atoms with Gasteiger partial charge in [0.25, 0.3) is 0 Å². The summed E-state index contributed by atoms with van der Waals surface area (Å²) in [6.45, 7) is 26.4. The number of carbonyl (C=O) groups is 3. The second-order valence-corrected chi connectivity index (χ2v) is 8.31. The average Bonchev–Trinajstić information content (AvgIpc) is 4.00. The Bertz CT molecular complexity index is 1840. The number of oxime groups is 1. The van der Waals surface area contributed by atoms with Gasteiger partial charge in [0, 0.05) is 62.2 Å². The molecule has 55 heavy (non-hydrogen) atoms. The Morgan fingerprint density at radius 1 is 0.600 bits per heavy atom. The third-order valence-corrected chi connectivity index (χ3v) is 5.50. The molecule has 6 aromatic rings. The van der Waals surface area contributed by atoms with Crippen LogP contribution in [-0.4, -0.2) is 48.1 Å². The summed E-state index contributed by atoms with van der Waals surface area (Å²) in [4.78, 5) is 30.1. The number of hydrogen-bond donors (Lipinski definition) is 3. The Hall–Kier alpha value is -6.03. The Labute approximate surface area is 329 Å². The highest BCUT2D eigenvalue weighted by Gasteiger charge is 1.99. The molecule has 0 fully saturated rings. The van der Waals surface area contributed by atoms with Crippen LogP contribution in [0.1, 0.15) is 118 Å². The van der Waals surface area contributed by atoms with Crippen molar-refractivity contribution < 1.29 is 29.5 Å². The zero-order chi connectivity index (χ0) is 43.6. The number of aldehydes is 1. The molecule has 4 N–H and O–H groups in total. The van der Waals surface area contributed by atoms with Crippen molar-refractivity contribution in [2.45, 2.75) is 96.9 Å². The summed E-state index contributed by atoms with van der Waals surface area (Å²) < 4.78 is 9.79. The molecule has 0 radical (unpaired) electrons. The Kier molecular flexibility index (Phi) is 44.9. The summed E-state index contributed by atoms with van der Waals surface area (Å²) in [5.74, 6) is 2.38. The number of pyridine rings is 3. The number of hydrogen-bond acceptors (Lipinski definition) is 9. The second-order valence-electron chi connectivity index (χ2n) is 8.31. The van der Waals surface area contributed by atoms with Crippen molar-refractivity contribution >= 4 is 41.0 Å². The lowest BCUT2D eigenvalue weighted by atomic mass is 10.3. The third kappa shape index (κ3) is 24.0. The minimum atomic E-state index is -0.562. The van der Waals surface area contributed by atoms with Gasteiger partial charge in [-0.15, -0.1) is 0 Å². The molecular formula is C43H66N6O6. The highest BCUT2D eigenvalue weighted by molar-refractivity contribution is 5.89. The van der Waals surface area contributed by atoms with E-state index in [9.17, 15) is 14.4 Å². The fraction of sp³-hybridized carbons (Fsp3) is 0.326. The van der Waals surface area contributed by atoms with Gasteiger partial charge in [0.2, 0.25) is 0 Å². The lowest BCUT2D eigenvalue weighted by Crippen LogP contribution is -2.03. The van der Waals surface area contributed by atoms with E-state index in [0.29, 0.717) is 0 Å². The largest absolute Gasteiger partial charge is 0.411 e. The van der Waals surface area contributed by atoms with Crippen molar-refractivity contribution in [3.63, 3.8) is 0 Å². The van der Waals surface area contributed by atoms with Crippen LogP contribution in [0.25, 0.3) is 16.6 Å². The molecule has 0 aliphatic rings. The van der Waals surface area contributed by atoms with Crippen LogP contribution >= 0.6 is 0 Å². The Balaban J connectivity index is -0.000000184. The van der Waals surface area contributed by atoms with Gasteiger partial charge in [0.1, 0.15) is 6.07 Å². The Morgan fingerprint density at radius 2 is 0.945 bits per heavy atom. The first-order chi connectivity index (χ1) is 26.9. The molecule has 0 saturated carbocycles. The van der Waals surface area contributed by atoms with Crippen LogP contribution in [0, 0.1) is 11.3 Å². The van der Waals surface area contributed by atoms with Crippen molar-refractivity contribution in [1.82, 2.24) is 13.2 Å². The molecule has 12 heteroatoms.